The number of hydrogen-bond donors (Lipinski definition) is 0. The molecule has 11 aromatic rings. The van der Waals surface area contributed by atoms with Gasteiger partial charge < -0.3 is 4.90 Å². The number of para-hydroxylation sites is 3. The first-order valence-electron chi connectivity index (χ1n) is 20.1. The summed E-state index contributed by atoms with van der Waals surface area (Å²) in [5.74, 6) is 0. The Hall–Kier alpha value is -7.88. The lowest BCUT2D eigenvalue weighted by molar-refractivity contribution is 1.28. The van der Waals surface area contributed by atoms with Gasteiger partial charge in [0.25, 0.3) is 0 Å². The van der Waals surface area contributed by atoms with E-state index < -0.39 is 0 Å². The van der Waals surface area contributed by atoms with Crippen LogP contribution in [0.2, 0.25) is 0 Å². The van der Waals surface area contributed by atoms with Crippen molar-refractivity contribution in [1.29, 1.82) is 0 Å². The van der Waals surface area contributed by atoms with E-state index in [1.165, 1.54) is 32.8 Å². The maximum atomic E-state index is 5.49. The second-order valence-electron chi connectivity index (χ2n) is 15.0. The standard InChI is InChI=1S/C56H37N3/c1-4-14-38(15-5-1)39-24-26-41(27-25-39)51-37-53(57-52-23-13-12-22-48(51)52)42-28-30-43(31-29-42)56-50-34-32-40-16-10-11-21-47(40)55(50)49-35-33-46(36-54(49)58-56)59(44-17-6-2-7-18-44)45-19-8-3-9-20-45/h1-37H. The third kappa shape index (κ3) is 6.26. The summed E-state index contributed by atoms with van der Waals surface area (Å²) in [4.78, 5) is 13.0. The highest BCUT2D eigenvalue weighted by Crippen LogP contribution is 2.41. The van der Waals surface area contributed by atoms with Crippen LogP contribution in [0.15, 0.2) is 224 Å². The summed E-state index contributed by atoms with van der Waals surface area (Å²) in [6, 6.07) is 79.8. The summed E-state index contributed by atoms with van der Waals surface area (Å²) in [5, 5.41) is 7.04. The summed E-state index contributed by atoms with van der Waals surface area (Å²) in [6.07, 6.45) is 0. The van der Waals surface area contributed by atoms with Crippen molar-refractivity contribution in [3.8, 4) is 44.8 Å². The summed E-state index contributed by atoms with van der Waals surface area (Å²) in [6.45, 7) is 0. The summed E-state index contributed by atoms with van der Waals surface area (Å²) < 4.78 is 0. The molecule has 0 atom stereocenters. The van der Waals surface area contributed by atoms with Gasteiger partial charge >= 0.3 is 0 Å². The molecule has 3 heteroatoms. The topological polar surface area (TPSA) is 29.0 Å². The molecule has 2 heterocycles. The van der Waals surface area contributed by atoms with Crippen LogP contribution in [0.1, 0.15) is 0 Å². The van der Waals surface area contributed by atoms with E-state index in [1.807, 2.05) is 0 Å². The maximum absolute atomic E-state index is 5.49. The Morgan fingerprint density at radius 2 is 0.864 bits per heavy atom. The Labute approximate surface area is 343 Å². The Kier molecular flexibility index (Phi) is 8.49. The zero-order chi connectivity index (χ0) is 39.1. The van der Waals surface area contributed by atoms with E-state index in [0.717, 1.165) is 72.3 Å². The number of pyridine rings is 2. The van der Waals surface area contributed by atoms with Gasteiger partial charge in [-0.25, -0.2) is 9.97 Å². The van der Waals surface area contributed by atoms with Crippen molar-refractivity contribution in [1.82, 2.24) is 9.97 Å². The fourth-order valence-corrected chi connectivity index (χ4v) is 8.56. The number of rotatable bonds is 7. The van der Waals surface area contributed by atoms with Crippen LogP contribution in [0, 0.1) is 0 Å². The quantitative estimate of drug-likeness (QED) is 0.152. The Morgan fingerprint density at radius 1 is 0.305 bits per heavy atom. The van der Waals surface area contributed by atoms with E-state index in [0.29, 0.717) is 0 Å². The molecule has 0 aliphatic heterocycles. The summed E-state index contributed by atoms with van der Waals surface area (Å²) >= 11 is 0. The molecule has 0 saturated heterocycles. The van der Waals surface area contributed by atoms with Crippen molar-refractivity contribution in [2.75, 3.05) is 4.90 Å². The number of fused-ring (bicyclic) bond motifs is 6. The Bertz CT molecular complexity index is 3250. The van der Waals surface area contributed by atoms with Crippen LogP contribution in [-0.4, -0.2) is 9.97 Å². The zero-order valence-corrected chi connectivity index (χ0v) is 32.2. The van der Waals surface area contributed by atoms with Crippen LogP contribution < -0.4 is 4.90 Å². The van der Waals surface area contributed by atoms with Gasteiger partial charge in [0.15, 0.2) is 0 Å². The molecule has 276 valence electrons. The van der Waals surface area contributed by atoms with Gasteiger partial charge in [-0.15, -0.1) is 0 Å². The molecule has 0 aliphatic rings. The number of benzene rings is 9. The molecule has 0 unspecified atom stereocenters. The molecule has 59 heavy (non-hydrogen) atoms. The van der Waals surface area contributed by atoms with Gasteiger partial charge in [0, 0.05) is 49.7 Å². The number of aromatic nitrogens is 2. The van der Waals surface area contributed by atoms with Crippen molar-refractivity contribution in [2.24, 2.45) is 0 Å². The average Bonchev–Trinajstić information content (AvgIpc) is 3.32. The lowest BCUT2D eigenvalue weighted by Crippen LogP contribution is -2.09. The minimum Gasteiger partial charge on any atom is -0.310 e. The van der Waals surface area contributed by atoms with Gasteiger partial charge in [-0.1, -0.05) is 176 Å². The van der Waals surface area contributed by atoms with Crippen LogP contribution in [0.4, 0.5) is 17.1 Å². The van der Waals surface area contributed by atoms with Crippen molar-refractivity contribution in [2.45, 2.75) is 0 Å². The molecule has 0 N–H and O–H groups in total. The van der Waals surface area contributed by atoms with E-state index in [2.05, 4.69) is 229 Å². The SMILES string of the molecule is c1ccc(-c2ccc(-c3cc(-c4ccc(-c5nc6cc(N(c7ccccc7)c7ccccc7)ccc6c6c5ccc5ccccc56)cc4)nc4ccccc34)cc2)cc1. The van der Waals surface area contributed by atoms with Gasteiger partial charge in [0.05, 0.1) is 22.4 Å². The predicted octanol–water partition coefficient (Wildman–Crippen LogP) is 15.2. The minimum atomic E-state index is 0.936. The van der Waals surface area contributed by atoms with Crippen molar-refractivity contribution in [3.63, 3.8) is 0 Å². The normalized spacial score (nSPS) is 11.4. The monoisotopic (exact) mass is 751 g/mol. The highest BCUT2D eigenvalue weighted by atomic mass is 15.1. The van der Waals surface area contributed by atoms with E-state index >= 15 is 0 Å². The molecular weight excluding hydrogens is 715 g/mol. The molecule has 0 aliphatic carbocycles. The lowest BCUT2D eigenvalue weighted by Gasteiger charge is -2.26. The number of hydrogen-bond acceptors (Lipinski definition) is 3. The molecule has 0 bridgehead atoms. The van der Waals surface area contributed by atoms with E-state index in [1.54, 1.807) is 0 Å². The number of nitrogens with zero attached hydrogens (tertiary/aromatic N) is 3. The van der Waals surface area contributed by atoms with Crippen LogP contribution in [0.25, 0.3) is 88.1 Å². The highest BCUT2D eigenvalue weighted by Gasteiger charge is 2.18. The molecular formula is C56H37N3. The van der Waals surface area contributed by atoms with E-state index in [4.69, 9.17) is 9.97 Å². The van der Waals surface area contributed by atoms with Crippen LogP contribution >= 0.6 is 0 Å². The summed E-state index contributed by atoms with van der Waals surface area (Å²) in [5.41, 5.74) is 13.9. The third-order valence-electron chi connectivity index (χ3n) is 11.4. The fraction of sp³-hybridized carbons (Fsp3) is 0. The average molecular weight is 752 g/mol. The maximum Gasteiger partial charge on any atom is 0.0788 e. The smallest absolute Gasteiger partial charge is 0.0788 e. The van der Waals surface area contributed by atoms with Gasteiger partial charge in [-0.2, -0.15) is 0 Å². The zero-order valence-electron chi connectivity index (χ0n) is 32.2. The molecule has 0 spiro atoms. The molecule has 11 rings (SSSR count). The Morgan fingerprint density at radius 3 is 1.59 bits per heavy atom. The lowest BCUT2D eigenvalue weighted by atomic mass is 9.94. The van der Waals surface area contributed by atoms with Gasteiger partial charge in [0.1, 0.15) is 0 Å². The van der Waals surface area contributed by atoms with Crippen LogP contribution in [0.3, 0.4) is 0 Å². The van der Waals surface area contributed by atoms with Crippen molar-refractivity contribution >= 4 is 60.4 Å². The first-order valence-corrected chi connectivity index (χ1v) is 20.1. The van der Waals surface area contributed by atoms with Gasteiger partial charge in [0.2, 0.25) is 0 Å². The highest BCUT2D eigenvalue weighted by molar-refractivity contribution is 6.22. The molecule has 0 amide bonds. The van der Waals surface area contributed by atoms with E-state index in [9.17, 15) is 0 Å². The molecule has 0 radical (unpaired) electrons. The van der Waals surface area contributed by atoms with Gasteiger partial charge in [-0.05, 0) is 81.6 Å². The van der Waals surface area contributed by atoms with Crippen LogP contribution in [-0.2, 0) is 0 Å². The summed E-state index contributed by atoms with van der Waals surface area (Å²) in [7, 11) is 0. The first-order chi connectivity index (χ1) is 29.2. The van der Waals surface area contributed by atoms with Gasteiger partial charge in [-0.3, -0.25) is 0 Å². The minimum absolute atomic E-state index is 0.936. The van der Waals surface area contributed by atoms with Crippen molar-refractivity contribution in [3.05, 3.63) is 224 Å². The largest absolute Gasteiger partial charge is 0.310 e. The van der Waals surface area contributed by atoms with Crippen molar-refractivity contribution < 1.29 is 0 Å². The fourth-order valence-electron chi connectivity index (χ4n) is 8.56. The molecule has 0 fully saturated rings. The number of anilines is 3. The second-order valence-corrected chi connectivity index (χ2v) is 15.0. The molecule has 9 aromatic carbocycles. The van der Waals surface area contributed by atoms with E-state index in [-0.39, 0.29) is 0 Å². The molecule has 3 nitrogen and oxygen atoms in total. The molecule has 0 saturated carbocycles. The van der Waals surface area contributed by atoms with Crippen LogP contribution in [0.5, 0.6) is 0 Å². The second kappa shape index (κ2) is 14.6. The predicted molar refractivity (Wildman–Crippen MR) is 248 cm³/mol. The third-order valence-corrected chi connectivity index (χ3v) is 11.4. The Balaban J connectivity index is 1.04. The molecule has 2 aromatic heterocycles. The first kappa shape index (κ1) is 34.4.